The molecule has 2 nitrogen and oxygen atoms in total. The highest BCUT2D eigenvalue weighted by molar-refractivity contribution is 6.33. The number of pyridine rings is 1. The van der Waals surface area contributed by atoms with Crippen molar-refractivity contribution in [2.45, 2.75) is 0 Å². The number of hydrogen-bond donors (Lipinski definition) is 1. The fourth-order valence-electron chi connectivity index (χ4n) is 1.13. The Hall–Kier alpha value is -1.51. The number of hydrogen-bond acceptors (Lipinski definition) is 2. The predicted molar refractivity (Wildman–Crippen MR) is 48.8 cm³/mol. The summed E-state index contributed by atoms with van der Waals surface area (Å²) in [6.07, 6.45) is 1.40. The summed E-state index contributed by atoms with van der Waals surface area (Å²) in [5, 5.41) is 10.00. The molecule has 1 N–H and O–H groups in total. The highest BCUT2D eigenvalue weighted by Crippen LogP contribution is 2.14. The van der Waals surface area contributed by atoms with E-state index in [1.54, 1.807) is 18.2 Å². The molecule has 0 amide bonds. The van der Waals surface area contributed by atoms with Gasteiger partial charge in [-0.3, -0.25) is 4.98 Å². The lowest BCUT2D eigenvalue weighted by Gasteiger charge is -1.98. The van der Waals surface area contributed by atoms with Crippen molar-refractivity contribution in [1.82, 2.24) is 4.98 Å². The molecule has 0 atom stereocenters. The summed E-state index contributed by atoms with van der Waals surface area (Å²) in [6.45, 7) is 0. The predicted octanol–water partition coefficient (Wildman–Crippen LogP) is 0.734. The molecule has 0 unspecified atom stereocenters. The Labute approximate surface area is 71.3 Å². The molecule has 3 heteroatoms. The molecule has 0 saturated heterocycles. The molecule has 2 radical (unpaired) electrons. The maximum atomic E-state index is 9.11. The average Bonchev–Trinajstić information content (AvgIpc) is 2.05. The first kappa shape index (κ1) is 7.16. The fraction of sp³-hybridized carbons (Fsp3) is 0. The summed E-state index contributed by atoms with van der Waals surface area (Å²) in [7, 11) is 5.56. The Morgan fingerprint density at radius 1 is 1.25 bits per heavy atom. The molecule has 0 fully saturated rings. The van der Waals surface area contributed by atoms with Crippen LogP contribution in [-0.4, -0.2) is 17.9 Å². The fourth-order valence-corrected chi connectivity index (χ4v) is 1.13. The van der Waals surface area contributed by atoms with Gasteiger partial charge >= 0.3 is 0 Å². The van der Waals surface area contributed by atoms with E-state index < -0.39 is 0 Å². The SMILES string of the molecule is [B]c1ccc2cc(O)cnc2c1. The first-order valence-corrected chi connectivity index (χ1v) is 3.60. The molecule has 56 valence electrons. The van der Waals surface area contributed by atoms with Crippen LogP contribution in [-0.2, 0) is 0 Å². The van der Waals surface area contributed by atoms with E-state index in [9.17, 15) is 0 Å². The number of aromatic hydroxyl groups is 1. The highest BCUT2D eigenvalue weighted by atomic mass is 16.3. The van der Waals surface area contributed by atoms with E-state index in [0.717, 1.165) is 10.9 Å². The lowest BCUT2D eigenvalue weighted by Crippen LogP contribution is -2.00. The van der Waals surface area contributed by atoms with Gasteiger partial charge in [-0.05, 0) is 12.1 Å². The highest BCUT2D eigenvalue weighted by Gasteiger charge is 1.95. The third kappa shape index (κ3) is 1.14. The first-order valence-electron chi connectivity index (χ1n) is 3.60. The van der Waals surface area contributed by atoms with Crippen LogP contribution in [0.1, 0.15) is 0 Å². The summed E-state index contributed by atoms with van der Waals surface area (Å²) in [6, 6.07) is 7.04. The maximum Gasteiger partial charge on any atom is 0.134 e. The molecule has 2 rings (SSSR count). The van der Waals surface area contributed by atoms with E-state index in [4.69, 9.17) is 13.0 Å². The zero-order valence-electron chi connectivity index (χ0n) is 6.36. The second-order valence-electron chi connectivity index (χ2n) is 2.65. The Morgan fingerprint density at radius 2 is 2.08 bits per heavy atom. The van der Waals surface area contributed by atoms with Gasteiger partial charge in [0.1, 0.15) is 13.6 Å². The molecule has 0 aliphatic rings. The Balaban J connectivity index is 2.79. The van der Waals surface area contributed by atoms with Crippen molar-refractivity contribution in [2.75, 3.05) is 0 Å². The second-order valence-corrected chi connectivity index (χ2v) is 2.65. The lowest BCUT2D eigenvalue weighted by molar-refractivity contribution is 0.474. The van der Waals surface area contributed by atoms with Gasteiger partial charge in [0.05, 0.1) is 11.7 Å². The minimum Gasteiger partial charge on any atom is -0.506 e. The molecule has 0 bridgehead atoms. The van der Waals surface area contributed by atoms with E-state index in [2.05, 4.69) is 4.98 Å². The quantitative estimate of drug-likeness (QED) is 0.569. The maximum absolute atomic E-state index is 9.11. The van der Waals surface area contributed by atoms with Crippen LogP contribution < -0.4 is 5.46 Å². The topological polar surface area (TPSA) is 33.1 Å². The van der Waals surface area contributed by atoms with Crippen molar-refractivity contribution in [3.05, 3.63) is 30.5 Å². The van der Waals surface area contributed by atoms with Crippen LogP contribution in [0.15, 0.2) is 30.5 Å². The normalized spacial score (nSPS) is 10.3. The molecule has 0 aliphatic carbocycles. The number of rotatable bonds is 0. The number of nitrogens with zero attached hydrogens (tertiary/aromatic N) is 1. The van der Waals surface area contributed by atoms with E-state index >= 15 is 0 Å². The number of benzene rings is 1. The molecule has 1 heterocycles. The molecular formula is C9H6BNO. The van der Waals surface area contributed by atoms with Crippen molar-refractivity contribution < 1.29 is 5.11 Å². The van der Waals surface area contributed by atoms with E-state index in [-0.39, 0.29) is 5.75 Å². The third-order valence-corrected chi connectivity index (χ3v) is 1.69. The average molecular weight is 155 g/mol. The molecular weight excluding hydrogens is 149 g/mol. The number of aromatic nitrogens is 1. The molecule has 12 heavy (non-hydrogen) atoms. The summed E-state index contributed by atoms with van der Waals surface area (Å²) < 4.78 is 0. The molecule has 0 saturated carbocycles. The van der Waals surface area contributed by atoms with Crippen LogP contribution in [0.5, 0.6) is 5.75 Å². The van der Waals surface area contributed by atoms with Crippen molar-refractivity contribution >= 4 is 24.2 Å². The third-order valence-electron chi connectivity index (χ3n) is 1.69. The zero-order valence-corrected chi connectivity index (χ0v) is 6.36. The van der Waals surface area contributed by atoms with Gasteiger partial charge in [-0.25, -0.2) is 0 Å². The Bertz CT molecular complexity index is 387. The van der Waals surface area contributed by atoms with Gasteiger partial charge < -0.3 is 5.11 Å². The van der Waals surface area contributed by atoms with Gasteiger partial charge in [0.25, 0.3) is 0 Å². The van der Waals surface area contributed by atoms with Crippen molar-refractivity contribution in [3.8, 4) is 5.75 Å². The van der Waals surface area contributed by atoms with Gasteiger partial charge in [0, 0.05) is 5.39 Å². The summed E-state index contributed by atoms with van der Waals surface area (Å²) in [5.41, 5.74) is 1.48. The summed E-state index contributed by atoms with van der Waals surface area (Å²) in [5.74, 6) is 0.173. The minimum absolute atomic E-state index is 0.173. The number of fused-ring (bicyclic) bond motifs is 1. The lowest BCUT2D eigenvalue weighted by atomic mass is 9.95. The minimum atomic E-state index is 0.173. The van der Waals surface area contributed by atoms with Crippen molar-refractivity contribution in [2.24, 2.45) is 0 Å². The molecule has 2 aromatic rings. The van der Waals surface area contributed by atoms with Crippen LogP contribution in [0.4, 0.5) is 0 Å². The van der Waals surface area contributed by atoms with Gasteiger partial charge in [0.15, 0.2) is 0 Å². The van der Waals surface area contributed by atoms with Crippen LogP contribution in [0, 0.1) is 0 Å². The second kappa shape index (κ2) is 2.52. The van der Waals surface area contributed by atoms with Crippen molar-refractivity contribution in [1.29, 1.82) is 0 Å². The summed E-state index contributed by atoms with van der Waals surface area (Å²) in [4.78, 5) is 4.01. The largest absolute Gasteiger partial charge is 0.506 e. The van der Waals surface area contributed by atoms with Crippen LogP contribution in [0.3, 0.4) is 0 Å². The molecule has 1 aromatic heterocycles. The monoisotopic (exact) mass is 155 g/mol. The molecule has 0 spiro atoms. The standard InChI is InChI=1S/C9H6BNO/c10-7-2-1-6-3-8(12)5-11-9(6)4-7/h1-5,12H. The van der Waals surface area contributed by atoms with E-state index in [0.29, 0.717) is 5.46 Å². The Kier molecular flexibility index (Phi) is 1.50. The van der Waals surface area contributed by atoms with Gasteiger partial charge in [-0.1, -0.05) is 17.6 Å². The van der Waals surface area contributed by atoms with Crippen LogP contribution in [0.2, 0.25) is 0 Å². The van der Waals surface area contributed by atoms with Crippen LogP contribution in [0.25, 0.3) is 10.9 Å². The smallest absolute Gasteiger partial charge is 0.134 e. The van der Waals surface area contributed by atoms with Gasteiger partial charge in [0.2, 0.25) is 0 Å². The van der Waals surface area contributed by atoms with E-state index in [1.165, 1.54) is 6.20 Å². The first-order chi connectivity index (χ1) is 5.75. The summed E-state index contributed by atoms with van der Waals surface area (Å²) >= 11 is 0. The zero-order chi connectivity index (χ0) is 8.55. The van der Waals surface area contributed by atoms with Gasteiger partial charge in [-0.15, -0.1) is 0 Å². The van der Waals surface area contributed by atoms with Gasteiger partial charge in [-0.2, -0.15) is 0 Å². The Morgan fingerprint density at radius 3 is 2.92 bits per heavy atom. The van der Waals surface area contributed by atoms with Crippen LogP contribution >= 0.6 is 0 Å². The molecule has 0 aliphatic heterocycles. The van der Waals surface area contributed by atoms with Crippen molar-refractivity contribution in [3.63, 3.8) is 0 Å². The molecule has 1 aromatic carbocycles. The van der Waals surface area contributed by atoms with E-state index in [1.807, 2.05) is 6.07 Å².